The van der Waals surface area contributed by atoms with E-state index in [-0.39, 0.29) is 0 Å². The average Bonchev–Trinajstić information content (AvgIpc) is 2.25. The summed E-state index contributed by atoms with van der Waals surface area (Å²) in [5.41, 5.74) is 0. The molecular formula is C12H23O2. The Kier molecular flexibility index (Phi) is 6.20. The average molecular weight is 199 g/mol. The van der Waals surface area contributed by atoms with Crippen LogP contribution in [0.5, 0.6) is 0 Å². The Morgan fingerprint density at radius 3 is 2.50 bits per heavy atom. The van der Waals surface area contributed by atoms with Crippen LogP contribution in [0.1, 0.15) is 44.9 Å². The van der Waals surface area contributed by atoms with E-state index in [0.29, 0.717) is 6.10 Å². The molecule has 1 atom stereocenters. The molecule has 0 N–H and O–H groups in total. The summed E-state index contributed by atoms with van der Waals surface area (Å²) in [5.74, 6) is 0.888. The number of hydrogen-bond donors (Lipinski definition) is 0. The van der Waals surface area contributed by atoms with Crippen LogP contribution in [0.25, 0.3) is 0 Å². The van der Waals surface area contributed by atoms with Crippen LogP contribution in [-0.2, 0) is 9.47 Å². The van der Waals surface area contributed by atoms with E-state index < -0.39 is 0 Å². The second-order valence-electron chi connectivity index (χ2n) is 4.24. The third kappa shape index (κ3) is 4.43. The Morgan fingerprint density at radius 2 is 1.93 bits per heavy atom. The van der Waals surface area contributed by atoms with Gasteiger partial charge in [0.15, 0.2) is 0 Å². The summed E-state index contributed by atoms with van der Waals surface area (Å²) in [6, 6.07) is 0. The summed E-state index contributed by atoms with van der Waals surface area (Å²) >= 11 is 0. The summed E-state index contributed by atoms with van der Waals surface area (Å²) in [4.78, 5) is 0. The lowest BCUT2D eigenvalue weighted by molar-refractivity contribution is 0.0600. The zero-order valence-electron chi connectivity index (χ0n) is 9.50. The van der Waals surface area contributed by atoms with Crippen molar-refractivity contribution in [2.45, 2.75) is 51.0 Å². The van der Waals surface area contributed by atoms with Gasteiger partial charge in [0.2, 0.25) is 0 Å². The fourth-order valence-corrected chi connectivity index (χ4v) is 2.29. The van der Waals surface area contributed by atoms with Crippen LogP contribution in [0.15, 0.2) is 0 Å². The summed E-state index contributed by atoms with van der Waals surface area (Å²) < 4.78 is 10.4. The molecule has 0 heterocycles. The lowest BCUT2D eigenvalue weighted by Crippen LogP contribution is -2.18. The minimum atomic E-state index is 0.359. The maximum absolute atomic E-state index is 5.44. The molecule has 1 aliphatic carbocycles. The molecule has 1 unspecified atom stereocenters. The van der Waals surface area contributed by atoms with Crippen molar-refractivity contribution in [1.82, 2.24) is 0 Å². The molecule has 0 amide bonds. The van der Waals surface area contributed by atoms with Crippen LogP contribution < -0.4 is 0 Å². The first-order chi connectivity index (χ1) is 6.86. The number of ether oxygens (including phenoxy) is 2. The first-order valence-electron chi connectivity index (χ1n) is 5.74. The molecule has 0 saturated heterocycles. The highest BCUT2D eigenvalue weighted by molar-refractivity contribution is 4.72. The van der Waals surface area contributed by atoms with E-state index in [1.54, 1.807) is 14.2 Å². The van der Waals surface area contributed by atoms with E-state index >= 15 is 0 Å². The molecular weight excluding hydrogens is 176 g/mol. The van der Waals surface area contributed by atoms with Crippen molar-refractivity contribution in [2.24, 2.45) is 5.92 Å². The van der Waals surface area contributed by atoms with E-state index in [4.69, 9.17) is 9.47 Å². The minimum Gasteiger partial charge on any atom is -0.381 e. The van der Waals surface area contributed by atoms with Crippen LogP contribution in [0.2, 0.25) is 0 Å². The highest BCUT2D eigenvalue weighted by Crippen LogP contribution is 2.28. The van der Waals surface area contributed by atoms with Gasteiger partial charge in [-0.1, -0.05) is 32.1 Å². The monoisotopic (exact) mass is 199 g/mol. The van der Waals surface area contributed by atoms with Crippen molar-refractivity contribution >= 4 is 0 Å². The van der Waals surface area contributed by atoms with Crippen LogP contribution in [-0.4, -0.2) is 20.3 Å². The Balaban J connectivity index is 2.16. The Hall–Kier alpha value is -0.0800. The maximum Gasteiger partial charge on any atom is 0.0858 e. The lowest BCUT2D eigenvalue weighted by Gasteiger charge is -2.25. The Morgan fingerprint density at radius 1 is 1.21 bits per heavy atom. The van der Waals surface area contributed by atoms with Gasteiger partial charge in [-0.05, 0) is 12.3 Å². The highest BCUT2D eigenvalue weighted by Gasteiger charge is 2.18. The number of methoxy groups -OCH3 is 2. The van der Waals surface area contributed by atoms with Crippen LogP contribution in [0.3, 0.4) is 0 Å². The Bertz CT molecular complexity index is 130. The molecule has 0 spiro atoms. The summed E-state index contributed by atoms with van der Waals surface area (Å²) in [7, 11) is 3.50. The van der Waals surface area contributed by atoms with Crippen molar-refractivity contribution in [1.29, 1.82) is 0 Å². The minimum absolute atomic E-state index is 0.359. The van der Waals surface area contributed by atoms with Crippen molar-refractivity contribution < 1.29 is 9.47 Å². The molecule has 0 aromatic carbocycles. The van der Waals surface area contributed by atoms with E-state index in [0.717, 1.165) is 12.3 Å². The largest absolute Gasteiger partial charge is 0.381 e. The molecule has 1 aliphatic rings. The lowest BCUT2D eigenvalue weighted by atomic mass is 9.85. The van der Waals surface area contributed by atoms with Gasteiger partial charge in [-0.2, -0.15) is 0 Å². The van der Waals surface area contributed by atoms with Gasteiger partial charge in [0, 0.05) is 20.6 Å². The molecule has 1 radical (unpaired) electrons. The van der Waals surface area contributed by atoms with Gasteiger partial charge >= 0.3 is 0 Å². The van der Waals surface area contributed by atoms with Crippen molar-refractivity contribution in [3.63, 3.8) is 0 Å². The molecule has 1 rings (SSSR count). The first-order valence-corrected chi connectivity index (χ1v) is 5.74. The molecule has 0 aromatic heterocycles. The van der Waals surface area contributed by atoms with Gasteiger partial charge in [-0.15, -0.1) is 0 Å². The highest BCUT2D eigenvalue weighted by atomic mass is 16.5. The van der Waals surface area contributed by atoms with Crippen LogP contribution in [0.4, 0.5) is 0 Å². The smallest absolute Gasteiger partial charge is 0.0858 e. The zero-order valence-corrected chi connectivity index (χ0v) is 9.50. The maximum atomic E-state index is 5.44. The summed E-state index contributed by atoms with van der Waals surface area (Å²) in [6.07, 6.45) is 9.53. The first kappa shape index (κ1) is 12.0. The summed E-state index contributed by atoms with van der Waals surface area (Å²) in [6.45, 7) is 1.84. The zero-order chi connectivity index (χ0) is 10.2. The molecule has 0 aliphatic heterocycles. The normalized spacial score (nSPS) is 21.0. The van der Waals surface area contributed by atoms with Crippen LogP contribution in [0, 0.1) is 12.5 Å². The molecule has 0 aromatic rings. The van der Waals surface area contributed by atoms with Crippen molar-refractivity contribution in [3.05, 3.63) is 6.61 Å². The predicted molar refractivity (Wildman–Crippen MR) is 57.9 cm³/mol. The Labute approximate surface area is 88.0 Å². The predicted octanol–water partition coefficient (Wildman–Crippen LogP) is 3.17. The van der Waals surface area contributed by atoms with Gasteiger partial charge in [0.05, 0.1) is 12.7 Å². The standard InChI is InChI=1S/C12H23O2/c1-13-9-8-12(14-2)10-11-6-4-3-5-7-11/h9,11-12H,3-8,10H2,1-2H3. The summed E-state index contributed by atoms with van der Waals surface area (Å²) in [5, 5.41) is 0. The van der Waals surface area contributed by atoms with Gasteiger partial charge in [-0.3, -0.25) is 0 Å². The van der Waals surface area contributed by atoms with Gasteiger partial charge in [-0.25, -0.2) is 0 Å². The third-order valence-electron chi connectivity index (χ3n) is 3.18. The van der Waals surface area contributed by atoms with Gasteiger partial charge < -0.3 is 9.47 Å². The molecule has 1 saturated carbocycles. The second kappa shape index (κ2) is 7.24. The fraction of sp³-hybridized carbons (Fsp3) is 0.917. The topological polar surface area (TPSA) is 18.5 Å². The SMILES string of the molecule is CO[CH]CC(CC1CCCCC1)OC. The van der Waals surface area contributed by atoms with E-state index in [9.17, 15) is 0 Å². The fourth-order valence-electron chi connectivity index (χ4n) is 2.29. The molecule has 83 valence electrons. The molecule has 0 bridgehead atoms. The third-order valence-corrected chi connectivity index (χ3v) is 3.18. The van der Waals surface area contributed by atoms with Crippen LogP contribution >= 0.6 is 0 Å². The van der Waals surface area contributed by atoms with Crippen molar-refractivity contribution in [3.8, 4) is 0 Å². The molecule has 1 fully saturated rings. The molecule has 2 heteroatoms. The van der Waals surface area contributed by atoms with Gasteiger partial charge in [0.1, 0.15) is 0 Å². The molecule has 14 heavy (non-hydrogen) atoms. The quantitative estimate of drug-likeness (QED) is 0.654. The van der Waals surface area contributed by atoms with E-state index in [1.165, 1.54) is 38.5 Å². The molecule has 2 nitrogen and oxygen atoms in total. The number of rotatable bonds is 6. The van der Waals surface area contributed by atoms with Gasteiger partial charge in [0.25, 0.3) is 0 Å². The van der Waals surface area contributed by atoms with E-state index in [1.807, 2.05) is 6.61 Å². The van der Waals surface area contributed by atoms with E-state index in [2.05, 4.69) is 0 Å². The van der Waals surface area contributed by atoms with Crippen molar-refractivity contribution in [2.75, 3.05) is 14.2 Å². The number of hydrogen-bond acceptors (Lipinski definition) is 2. The second-order valence-corrected chi connectivity index (χ2v) is 4.24.